The monoisotopic (exact) mass is 407 g/mol. The molecule has 1 aliphatic heterocycles. The fourth-order valence-corrected chi connectivity index (χ4v) is 6.15. The van der Waals surface area contributed by atoms with Gasteiger partial charge in [-0.1, -0.05) is 36.5 Å². The molecule has 1 aliphatic carbocycles. The smallest absolute Gasteiger partial charge is 0.338 e. The molecule has 0 radical (unpaired) electrons. The number of carbonyl (C=O) groups is 2. The van der Waals surface area contributed by atoms with Gasteiger partial charge in [0.1, 0.15) is 0 Å². The first-order chi connectivity index (χ1) is 13.2. The Bertz CT molecular complexity index is 822. The predicted octanol–water partition coefficient (Wildman–Crippen LogP) is 2.81. The summed E-state index contributed by atoms with van der Waals surface area (Å²) in [6, 6.07) is 5.18. The summed E-state index contributed by atoms with van der Waals surface area (Å²) >= 11 is 0. The molecule has 1 aromatic carbocycles. The van der Waals surface area contributed by atoms with Crippen LogP contribution < -0.4 is 0 Å². The number of aryl methyl sites for hydroxylation is 2. The first-order valence-electron chi connectivity index (χ1n) is 10.0. The molecule has 154 valence electrons. The summed E-state index contributed by atoms with van der Waals surface area (Å²) in [4.78, 5) is 27.1. The summed E-state index contributed by atoms with van der Waals surface area (Å²) in [6.07, 6.45) is 5.45. The van der Waals surface area contributed by atoms with E-state index in [0.717, 1.165) is 43.2 Å². The third-order valence-corrected chi connectivity index (χ3v) is 7.39. The van der Waals surface area contributed by atoms with Gasteiger partial charge in [-0.3, -0.25) is 4.79 Å². The van der Waals surface area contributed by atoms with E-state index in [1.165, 1.54) is 0 Å². The van der Waals surface area contributed by atoms with E-state index in [9.17, 15) is 18.0 Å². The zero-order chi connectivity index (χ0) is 20.3. The third-order valence-electron chi connectivity index (χ3n) is 5.64. The summed E-state index contributed by atoms with van der Waals surface area (Å²) in [5.41, 5.74) is 2.34. The van der Waals surface area contributed by atoms with Gasteiger partial charge in [0.25, 0.3) is 5.91 Å². The summed E-state index contributed by atoms with van der Waals surface area (Å²) in [6.45, 7) is 3.46. The van der Waals surface area contributed by atoms with Gasteiger partial charge in [-0.15, -0.1) is 0 Å². The average molecular weight is 408 g/mol. The zero-order valence-corrected chi connectivity index (χ0v) is 17.5. The Labute approximate surface area is 167 Å². The molecule has 1 saturated carbocycles. The molecule has 1 saturated heterocycles. The minimum atomic E-state index is -3.10. The van der Waals surface area contributed by atoms with Gasteiger partial charge in [-0.25, -0.2) is 13.2 Å². The SMILES string of the molecule is Cc1cc(C)cc(C(=O)OCC(=O)N(C2CCCCC2)C2CCS(=O)(=O)C2)c1. The maximum absolute atomic E-state index is 13.0. The van der Waals surface area contributed by atoms with E-state index in [1.54, 1.807) is 17.0 Å². The molecule has 0 bridgehead atoms. The first-order valence-corrected chi connectivity index (χ1v) is 11.8. The Balaban J connectivity index is 1.69. The van der Waals surface area contributed by atoms with Crippen LogP contribution in [0.15, 0.2) is 18.2 Å². The largest absolute Gasteiger partial charge is 0.452 e. The zero-order valence-electron chi connectivity index (χ0n) is 16.6. The van der Waals surface area contributed by atoms with Crippen LogP contribution in [0.4, 0.5) is 0 Å². The van der Waals surface area contributed by atoms with Crippen LogP contribution in [0.5, 0.6) is 0 Å². The van der Waals surface area contributed by atoms with Gasteiger partial charge >= 0.3 is 5.97 Å². The lowest BCUT2D eigenvalue weighted by atomic mass is 9.93. The maximum atomic E-state index is 13.0. The van der Waals surface area contributed by atoms with Crippen LogP contribution in [0.3, 0.4) is 0 Å². The Morgan fingerprint density at radius 2 is 1.64 bits per heavy atom. The highest BCUT2D eigenvalue weighted by atomic mass is 32.2. The van der Waals surface area contributed by atoms with Crippen LogP contribution in [0.2, 0.25) is 0 Å². The number of esters is 1. The third kappa shape index (κ3) is 5.13. The van der Waals surface area contributed by atoms with Crippen LogP contribution in [-0.4, -0.2) is 55.4 Å². The molecule has 0 spiro atoms. The number of rotatable bonds is 5. The molecule has 2 fully saturated rings. The van der Waals surface area contributed by atoms with Crippen molar-refractivity contribution in [2.24, 2.45) is 0 Å². The van der Waals surface area contributed by atoms with Gasteiger partial charge in [0, 0.05) is 12.1 Å². The van der Waals surface area contributed by atoms with Crippen LogP contribution in [0.1, 0.15) is 60.0 Å². The molecule has 2 aliphatic rings. The topological polar surface area (TPSA) is 80.8 Å². The molecular weight excluding hydrogens is 378 g/mol. The number of ether oxygens (including phenoxy) is 1. The molecule has 1 heterocycles. The summed E-state index contributed by atoms with van der Waals surface area (Å²) in [5.74, 6) is -0.675. The van der Waals surface area contributed by atoms with Gasteiger partial charge in [-0.05, 0) is 45.2 Å². The summed E-state index contributed by atoms with van der Waals surface area (Å²) in [5, 5.41) is 0. The number of benzene rings is 1. The number of sulfone groups is 1. The standard InChI is InChI=1S/C21H29NO5S/c1-15-10-16(2)12-17(11-15)21(24)27-13-20(23)22(18-6-4-3-5-7-18)19-8-9-28(25,26)14-19/h10-12,18-19H,3-9,13-14H2,1-2H3. The van der Waals surface area contributed by atoms with Crippen LogP contribution in [-0.2, 0) is 19.4 Å². The van der Waals surface area contributed by atoms with Crippen molar-refractivity contribution in [3.8, 4) is 0 Å². The minimum Gasteiger partial charge on any atom is -0.452 e. The summed E-state index contributed by atoms with van der Waals surface area (Å²) < 4.78 is 29.2. The molecule has 1 unspecified atom stereocenters. The van der Waals surface area contributed by atoms with Crippen molar-refractivity contribution in [1.29, 1.82) is 0 Å². The Morgan fingerprint density at radius 3 is 2.21 bits per heavy atom. The van der Waals surface area contributed by atoms with Crippen molar-refractivity contribution in [2.45, 2.75) is 64.5 Å². The normalized spacial score (nSPS) is 22.0. The molecule has 1 aromatic rings. The quantitative estimate of drug-likeness (QED) is 0.701. The van der Waals surface area contributed by atoms with E-state index in [2.05, 4.69) is 0 Å². The van der Waals surface area contributed by atoms with Crippen molar-refractivity contribution >= 4 is 21.7 Å². The highest BCUT2D eigenvalue weighted by molar-refractivity contribution is 7.91. The number of carbonyl (C=O) groups excluding carboxylic acids is 2. The molecule has 6 nitrogen and oxygen atoms in total. The Hall–Kier alpha value is -1.89. The van der Waals surface area contributed by atoms with Gasteiger partial charge in [-0.2, -0.15) is 0 Å². The number of hydrogen-bond donors (Lipinski definition) is 0. The highest BCUT2D eigenvalue weighted by Crippen LogP contribution is 2.28. The van der Waals surface area contributed by atoms with E-state index in [-0.39, 0.29) is 36.1 Å². The van der Waals surface area contributed by atoms with E-state index in [4.69, 9.17) is 4.74 Å². The van der Waals surface area contributed by atoms with Crippen molar-refractivity contribution in [3.05, 3.63) is 34.9 Å². The van der Waals surface area contributed by atoms with E-state index >= 15 is 0 Å². The molecule has 1 atom stereocenters. The van der Waals surface area contributed by atoms with Crippen molar-refractivity contribution < 1.29 is 22.7 Å². The Kier molecular flexibility index (Phi) is 6.43. The second-order valence-electron chi connectivity index (χ2n) is 8.10. The predicted molar refractivity (Wildman–Crippen MR) is 107 cm³/mol. The molecule has 7 heteroatoms. The average Bonchev–Trinajstić information content (AvgIpc) is 2.99. The van der Waals surface area contributed by atoms with Crippen molar-refractivity contribution in [2.75, 3.05) is 18.1 Å². The van der Waals surface area contributed by atoms with Crippen LogP contribution in [0, 0.1) is 13.8 Å². The van der Waals surface area contributed by atoms with Gasteiger partial charge in [0.05, 0.1) is 17.1 Å². The molecular formula is C21H29NO5S. The number of nitrogens with zero attached hydrogens (tertiary/aromatic N) is 1. The molecule has 0 aromatic heterocycles. The van der Waals surface area contributed by atoms with E-state index < -0.39 is 15.8 Å². The first kappa shape index (κ1) is 20.8. The number of amides is 1. The molecule has 1 amide bonds. The van der Waals surface area contributed by atoms with Gasteiger partial charge < -0.3 is 9.64 Å². The number of hydrogen-bond acceptors (Lipinski definition) is 5. The second kappa shape index (κ2) is 8.64. The lowest BCUT2D eigenvalue weighted by Gasteiger charge is -2.38. The maximum Gasteiger partial charge on any atom is 0.338 e. The van der Waals surface area contributed by atoms with E-state index in [1.807, 2.05) is 19.9 Å². The highest BCUT2D eigenvalue weighted by Gasteiger charge is 2.38. The van der Waals surface area contributed by atoms with Crippen molar-refractivity contribution in [1.82, 2.24) is 4.90 Å². The molecule has 28 heavy (non-hydrogen) atoms. The molecule has 0 N–H and O–H groups in total. The lowest BCUT2D eigenvalue weighted by molar-refractivity contribution is -0.140. The van der Waals surface area contributed by atoms with Crippen molar-refractivity contribution in [3.63, 3.8) is 0 Å². The Morgan fingerprint density at radius 1 is 1.00 bits per heavy atom. The van der Waals surface area contributed by atoms with Gasteiger partial charge in [0.2, 0.25) is 0 Å². The minimum absolute atomic E-state index is 0.0141. The fourth-order valence-electron chi connectivity index (χ4n) is 4.44. The van der Waals surface area contributed by atoms with E-state index in [0.29, 0.717) is 12.0 Å². The molecule has 3 rings (SSSR count). The van der Waals surface area contributed by atoms with Crippen LogP contribution in [0.25, 0.3) is 0 Å². The van der Waals surface area contributed by atoms with Gasteiger partial charge in [0.15, 0.2) is 16.4 Å². The van der Waals surface area contributed by atoms with Crippen LogP contribution >= 0.6 is 0 Å². The second-order valence-corrected chi connectivity index (χ2v) is 10.3. The lowest BCUT2D eigenvalue weighted by Crippen LogP contribution is -2.50. The fraction of sp³-hybridized carbons (Fsp3) is 0.619. The summed E-state index contributed by atoms with van der Waals surface area (Å²) in [7, 11) is -3.10.